The molecule has 0 aliphatic rings. The fourth-order valence-electron chi connectivity index (χ4n) is 3.25. The van der Waals surface area contributed by atoms with Crippen molar-refractivity contribution in [1.82, 2.24) is 0 Å². The Balaban J connectivity index is 2.05. The molecule has 1 N–H and O–H groups in total. The van der Waals surface area contributed by atoms with Gasteiger partial charge in [0.2, 0.25) is 11.8 Å². The van der Waals surface area contributed by atoms with E-state index in [4.69, 9.17) is 4.74 Å². The summed E-state index contributed by atoms with van der Waals surface area (Å²) in [5.74, 6) is 0.348. The van der Waals surface area contributed by atoms with Gasteiger partial charge in [0.05, 0.1) is 12.8 Å². The topological polar surface area (TPSA) is 61.9 Å². The van der Waals surface area contributed by atoms with Crippen LogP contribution in [0, 0.1) is 6.92 Å². The lowest BCUT2D eigenvalue weighted by molar-refractivity contribution is -0.117. The van der Waals surface area contributed by atoms with Gasteiger partial charge in [0.15, 0.2) is 0 Å². The number of benzene rings is 2. The number of amides is 2. The third-order valence-electron chi connectivity index (χ3n) is 4.86. The van der Waals surface area contributed by atoms with Crippen LogP contribution in [0.15, 0.2) is 42.5 Å². The maximum Gasteiger partial charge on any atom is 0.226 e. The summed E-state index contributed by atoms with van der Waals surface area (Å²) in [6.45, 7) is 9.85. The highest BCUT2D eigenvalue weighted by Gasteiger charge is 2.15. The molecule has 0 aliphatic carbocycles. The highest BCUT2D eigenvalue weighted by atomic mass is 16.5. The summed E-state index contributed by atoms with van der Waals surface area (Å²) >= 11 is 0. The average molecular weight is 398 g/mol. The minimum Gasteiger partial charge on any atom is -0.495 e. The van der Waals surface area contributed by atoms with Crippen molar-refractivity contribution in [2.75, 3.05) is 41.9 Å². The Bertz CT molecular complexity index is 830. The highest BCUT2D eigenvalue weighted by molar-refractivity contribution is 5.95. The fraction of sp³-hybridized carbons (Fsp3) is 0.391. The number of nitrogens with zero attached hydrogens (tertiary/aromatic N) is 2. The van der Waals surface area contributed by atoms with Gasteiger partial charge in [-0.2, -0.15) is 0 Å². The normalized spacial score (nSPS) is 10.4. The van der Waals surface area contributed by atoms with E-state index < -0.39 is 0 Å². The molecule has 0 aromatic heterocycles. The monoisotopic (exact) mass is 397 g/mol. The van der Waals surface area contributed by atoms with Crippen LogP contribution in [0.5, 0.6) is 5.75 Å². The summed E-state index contributed by atoms with van der Waals surface area (Å²) < 4.78 is 5.30. The van der Waals surface area contributed by atoms with E-state index in [1.807, 2.05) is 49.4 Å². The van der Waals surface area contributed by atoms with E-state index >= 15 is 0 Å². The minimum absolute atomic E-state index is 0.0958. The number of carbonyl (C=O) groups is 2. The molecule has 0 radical (unpaired) electrons. The molecule has 0 saturated heterocycles. The quantitative estimate of drug-likeness (QED) is 0.688. The molecule has 29 heavy (non-hydrogen) atoms. The van der Waals surface area contributed by atoms with Crippen LogP contribution >= 0.6 is 0 Å². The maximum atomic E-state index is 12.5. The van der Waals surface area contributed by atoms with Gasteiger partial charge in [-0.15, -0.1) is 0 Å². The van der Waals surface area contributed by atoms with Crippen molar-refractivity contribution < 1.29 is 14.3 Å². The zero-order chi connectivity index (χ0) is 21.4. The number of methoxy groups -OCH3 is 1. The first-order chi connectivity index (χ1) is 13.9. The summed E-state index contributed by atoms with van der Waals surface area (Å²) in [7, 11) is 1.57. The van der Waals surface area contributed by atoms with Crippen LogP contribution in [-0.2, 0) is 9.59 Å². The molecule has 0 saturated carbocycles. The molecule has 0 fully saturated rings. The summed E-state index contributed by atoms with van der Waals surface area (Å²) in [4.78, 5) is 28.5. The molecule has 6 nitrogen and oxygen atoms in total. The third-order valence-corrected chi connectivity index (χ3v) is 4.86. The van der Waals surface area contributed by atoms with Crippen LogP contribution in [0.3, 0.4) is 0 Å². The predicted octanol–water partition coefficient (Wildman–Crippen LogP) is 4.23. The zero-order valence-electron chi connectivity index (χ0n) is 18.0. The Labute approximate surface area is 173 Å². The van der Waals surface area contributed by atoms with Gasteiger partial charge in [-0.05, 0) is 62.7 Å². The second kappa shape index (κ2) is 10.5. The fourth-order valence-corrected chi connectivity index (χ4v) is 3.25. The van der Waals surface area contributed by atoms with E-state index in [1.54, 1.807) is 12.0 Å². The summed E-state index contributed by atoms with van der Waals surface area (Å²) in [6, 6.07) is 13.5. The lowest BCUT2D eigenvalue weighted by Crippen LogP contribution is -2.32. The zero-order valence-corrected chi connectivity index (χ0v) is 18.0. The van der Waals surface area contributed by atoms with Crippen molar-refractivity contribution in [3.05, 3.63) is 48.0 Å². The van der Waals surface area contributed by atoms with Gasteiger partial charge in [0.1, 0.15) is 5.75 Å². The highest BCUT2D eigenvalue weighted by Crippen LogP contribution is 2.26. The molecule has 0 aliphatic heterocycles. The molecular formula is C23H31N3O3. The third kappa shape index (κ3) is 5.98. The van der Waals surface area contributed by atoms with Crippen molar-refractivity contribution in [2.24, 2.45) is 0 Å². The molecule has 2 aromatic carbocycles. The molecule has 156 valence electrons. The number of hydrogen-bond acceptors (Lipinski definition) is 4. The van der Waals surface area contributed by atoms with E-state index in [9.17, 15) is 9.59 Å². The van der Waals surface area contributed by atoms with Crippen molar-refractivity contribution >= 4 is 28.9 Å². The smallest absolute Gasteiger partial charge is 0.226 e. The second-order valence-electron chi connectivity index (χ2n) is 6.86. The molecule has 0 heterocycles. The SMILES string of the molecule is CCN(CC)c1ccc(N(CCC(=O)Nc2cc(C)ccc2OC)C(C)=O)cc1. The Hall–Kier alpha value is -3.02. The van der Waals surface area contributed by atoms with Crippen LogP contribution in [0.2, 0.25) is 0 Å². The standard InChI is InChI=1S/C23H31N3O3/c1-6-25(7-2)19-9-11-20(12-10-19)26(18(4)27)15-14-23(28)24-21-16-17(3)8-13-22(21)29-5/h8-13,16H,6-7,14-15H2,1-5H3,(H,24,28). The summed E-state index contributed by atoms with van der Waals surface area (Å²) in [5, 5.41) is 2.88. The Kier molecular flexibility index (Phi) is 8.07. The van der Waals surface area contributed by atoms with Crippen molar-refractivity contribution in [3.63, 3.8) is 0 Å². The van der Waals surface area contributed by atoms with Gasteiger partial charge in [0.25, 0.3) is 0 Å². The molecule has 0 bridgehead atoms. The first kappa shape index (κ1) is 22.3. The minimum atomic E-state index is -0.167. The molecule has 2 rings (SSSR count). The molecule has 2 amide bonds. The van der Waals surface area contributed by atoms with E-state index in [2.05, 4.69) is 24.1 Å². The Morgan fingerprint density at radius 3 is 2.17 bits per heavy atom. The molecule has 6 heteroatoms. The number of rotatable bonds is 9. The number of anilines is 3. The van der Waals surface area contributed by atoms with E-state index in [0.29, 0.717) is 18.0 Å². The Morgan fingerprint density at radius 2 is 1.62 bits per heavy atom. The molecule has 0 spiro atoms. The largest absolute Gasteiger partial charge is 0.495 e. The molecule has 2 aromatic rings. The first-order valence-electron chi connectivity index (χ1n) is 9.97. The number of hydrogen-bond donors (Lipinski definition) is 1. The maximum absolute atomic E-state index is 12.5. The van der Waals surface area contributed by atoms with Gasteiger partial charge < -0.3 is 19.9 Å². The average Bonchev–Trinajstić information content (AvgIpc) is 2.70. The van der Waals surface area contributed by atoms with E-state index in [0.717, 1.165) is 30.0 Å². The predicted molar refractivity (Wildman–Crippen MR) is 119 cm³/mol. The van der Waals surface area contributed by atoms with Crippen LogP contribution in [0.25, 0.3) is 0 Å². The van der Waals surface area contributed by atoms with Crippen molar-refractivity contribution in [2.45, 2.75) is 34.1 Å². The number of carbonyl (C=O) groups excluding carboxylic acids is 2. The van der Waals surface area contributed by atoms with Crippen LogP contribution < -0.4 is 19.9 Å². The van der Waals surface area contributed by atoms with Gasteiger partial charge >= 0.3 is 0 Å². The van der Waals surface area contributed by atoms with Crippen molar-refractivity contribution in [1.29, 1.82) is 0 Å². The van der Waals surface area contributed by atoms with Gasteiger partial charge in [-0.3, -0.25) is 9.59 Å². The number of nitrogens with one attached hydrogen (secondary N) is 1. The summed E-state index contributed by atoms with van der Waals surface area (Å²) in [5.41, 5.74) is 3.57. The first-order valence-corrected chi connectivity index (χ1v) is 9.97. The Morgan fingerprint density at radius 1 is 1.00 bits per heavy atom. The van der Waals surface area contributed by atoms with Crippen LogP contribution in [0.4, 0.5) is 17.1 Å². The van der Waals surface area contributed by atoms with Crippen LogP contribution in [0.1, 0.15) is 32.8 Å². The van der Waals surface area contributed by atoms with E-state index in [1.165, 1.54) is 6.92 Å². The van der Waals surface area contributed by atoms with Crippen molar-refractivity contribution in [3.8, 4) is 5.75 Å². The van der Waals surface area contributed by atoms with Gasteiger partial charge in [-0.25, -0.2) is 0 Å². The van der Waals surface area contributed by atoms with Gasteiger partial charge in [0, 0.05) is 44.4 Å². The molecule has 0 unspecified atom stereocenters. The molecular weight excluding hydrogens is 366 g/mol. The van der Waals surface area contributed by atoms with Crippen LogP contribution in [-0.4, -0.2) is 38.6 Å². The lowest BCUT2D eigenvalue weighted by atomic mass is 10.2. The second-order valence-corrected chi connectivity index (χ2v) is 6.86. The number of aryl methyl sites for hydroxylation is 1. The lowest BCUT2D eigenvalue weighted by Gasteiger charge is -2.24. The molecule has 0 atom stereocenters. The van der Waals surface area contributed by atoms with E-state index in [-0.39, 0.29) is 18.2 Å². The van der Waals surface area contributed by atoms with Gasteiger partial charge in [-0.1, -0.05) is 6.07 Å². The summed E-state index contributed by atoms with van der Waals surface area (Å²) in [6.07, 6.45) is 0.189. The number of ether oxygens (including phenoxy) is 1.